The van der Waals surface area contributed by atoms with Crippen LogP contribution in [0.3, 0.4) is 0 Å². The number of benzene rings is 2. The van der Waals surface area contributed by atoms with Crippen molar-refractivity contribution in [3.05, 3.63) is 46.3 Å². The lowest BCUT2D eigenvalue weighted by atomic mass is 10.1. The Morgan fingerprint density at radius 3 is 2.52 bits per heavy atom. The van der Waals surface area contributed by atoms with Gasteiger partial charge in [0.2, 0.25) is 5.52 Å². The van der Waals surface area contributed by atoms with Crippen LogP contribution in [0.4, 0.5) is 27.1 Å². The van der Waals surface area contributed by atoms with Crippen molar-refractivity contribution in [1.29, 1.82) is 0 Å². The maximum atomic E-state index is 13.1. The highest BCUT2D eigenvalue weighted by atomic mass is 19.1. The van der Waals surface area contributed by atoms with Crippen molar-refractivity contribution < 1.29 is 13.9 Å². The monoisotopic (exact) mass is 343 g/mol. The second-order valence-electron chi connectivity index (χ2n) is 5.84. The lowest BCUT2D eigenvalue weighted by Gasteiger charge is -2.19. The summed E-state index contributed by atoms with van der Waals surface area (Å²) in [7, 11) is 0. The van der Waals surface area contributed by atoms with Gasteiger partial charge in [0.15, 0.2) is 5.52 Å². The van der Waals surface area contributed by atoms with Crippen molar-refractivity contribution in [2.24, 2.45) is 0 Å². The molecule has 0 spiro atoms. The van der Waals surface area contributed by atoms with Crippen LogP contribution in [-0.4, -0.2) is 28.3 Å². The van der Waals surface area contributed by atoms with Gasteiger partial charge in [0.25, 0.3) is 0 Å². The number of aromatic nitrogens is 2. The van der Waals surface area contributed by atoms with Crippen LogP contribution in [0.25, 0.3) is 11.0 Å². The minimum absolute atomic E-state index is 0.0963. The van der Waals surface area contributed by atoms with E-state index >= 15 is 0 Å². The third-order valence-electron chi connectivity index (χ3n) is 4.24. The zero-order valence-corrected chi connectivity index (χ0v) is 13.1. The lowest BCUT2D eigenvalue weighted by Crippen LogP contribution is -2.19. The number of nitrogens with one attached hydrogen (secondary N) is 1. The number of fused-ring (bicyclic) bond motifs is 1. The fraction of sp³-hybridized carbons (Fsp3) is 0.250. The second kappa shape index (κ2) is 6.00. The molecule has 1 saturated heterocycles. The highest BCUT2D eigenvalue weighted by Crippen LogP contribution is 2.40. The van der Waals surface area contributed by atoms with E-state index in [2.05, 4.69) is 15.6 Å². The molecule has 0 atom stereocenters. The van der Waals surface area contributed by atoms with Gasteiger partial charge in [0.05, 0.1) is 10.6 Å². The lowest BCUT2D eigenvalue weighted by molar-refractivity contribution is -0.382. The van der Waals surface area contributed by atoms with Gasteiger partial charge in [-0.2, -0.15) is 0 Å². The van der Waals surface area contributed by atoms with Crippen LogP contribution < -0.4 is 10.2 Å². The highest BCUT2D eigenvalue weighted by Gasteiger charge is 2.30. The fourth-order valence-electron chi connectivity index (χ4n) is 3.08. The summed E-state index contributed by atoms with van der Waals surface area (Å²) in [6.07, 6.45) is 1.96. The Labute approximate surface area is 141 Å². The molecule has 128 valence electrons. The second-order valence-corrected chi connectivity index (χ2v) is 5.84. The minimum Gasteiger partial charge on any atom is -0.366 e. The van der Waals surface area contributed by atoms with Crippen LogP contribution in [0.5, 0.6) is 0 Å². The Bertz CT molecular complexity index is 935. The average Bonchev–Trinajstić information content (AvgIpc) is 3.27. The van der Waals surface area contributed by atoms with Crippen molar-refractivity contribution in [3.63, 3.8) is 0 Å². The first-order valence-electron chi connectivity index (χ1n) is 7.84. The Morgan fingerprint density at radius 1 is 1.16 bits per heavy atom. The van der Waals surface area contributed by atoms with E-state index in [-0.39, 0.29) is 22.5 Å². The predicted molar refractivity (Wildman–Crippen MR) is 89.6 cm³/mol. The van der Waals surface area contributed by atoms with Crippen LogP contribution in [0.1, 0.15) is 12.8 Å². The van der Waals surface area contributed by atoms with Crippen LogP contribution in [-0.2, 0) is 0 Å². The molecule has 1 aliphatic heterocycles. The summed E-state index contributed by atoms with van der Waals surface area (Å²) in [5.74, 6) is -0.347. The van der Waals surface area contributed by atoms with Crippen molar-refractivity contribution in [2.75, 3.05) is 23.3 Å². The molecule has 25 heavy (non-hydrogen) atoms. The molecule has 0 amide bonds. The molecule has 4 rings (SSSR count). The van der Waals surface area contributed by atoms with Crippen LogP contribution in [0, 0.1) is 15.9 Å². The summed E-state index contributed by atoms with van der Waals surface area (Å²) < 4.78 is 17.8. The quantitative estimate of drug-likeness (QED) is 0.571. The van der Waals surface area contributed by atoms with Crippen molar-refractivity contribution in [1.82, 2.24) is 10.3 Å². The maximum absolute atomic E-state index is 13.1. The Balaban J connectivity index is 1.86. The van der Waals surface area contributed by atoms with Gasteiger partial charge in [-0.15, -0.1) is 0 Å². The Kier molecular flexibility index (Phi) is 3.68. The fourth-order valence-corrected chi connectivity index (χ4v) is 3.08. The van der Waals surface area contributed by atoms with E-state index < -0.39 is 4.92 Å². The summed E-state index contributed by atoms with van der Waals surface area (Å²) in [4.78, 5) is 13.1. The van der Waals surface area contributed by atoms with E-state index in [1.807, 2.05) is 4.90 Å². The number of nitrogens with zero attached hydrogens (tertiary/aromatic N) is 4. The molecule has 0 unspecified atom stereocenters. The van der Waals surface area contributed by atoms with Gasteiger partial charge in [-0.3, -0.25) is 10.1 Å². The minimum atomic E-state index is -0.456. The van der Waals surface area contributed by atoms with E-state index in [1.54, 1.807) is 18.2 Å². The van der Waals surface area contributed by atoms with Crippen molar-refractivity contribution >= 4 is 33.8 Å². The first-order valence-corrected chi connectivity index (χ1v) is 7.84. The largest absolute Gasteiger partial charge is 0.366 e. The highest BCUT2D eigenvalue weighted by molar-refractivity contribution is 6.00. The summed E-state index contributed by atoms with van der Waals surface area (Å²) >= 11 is 0. The molecule has 0 bridgehead atoms. The zero-order chi connectivity index (χ0) is 17.4. The summed E-state index contributed by atoms with van der Waals surface area (Å²) in [6.45, 7) is 1.49. The molecule has 0 saturated carbocycles. The van der Waals surface area contributed by atoms with Gasteiger partial charge in [0, 0.05) is 18.8 Å². The first-order chi connectivity index (χ1) is 12.1. The van der Waals surface area contributed by atoms with E-state index in [0.29, 0.717) is 17.1 Å². The van der Waals surface area contributed by atoms with Crippen LogP contribution in [0.15, 0.2) is 35.0 Å². The molecular formula is C16H14FN5O3. The number of nitro groups is 1. The summed E-state index contributed by atoms with van der Waals surface area (Å²) in [5.41, 5.74) is 1.89. The van der Waals surface area contributed by atoms with E-state index in [1.165, 1.54) is 12.1 Å². The molecule has 1 fully saturated rings. The van der Waals surface area contributed by atoms with Crippen LogP contribution >= 0.6 is 0 Å². The number of nitro benzene ring substituents is 1. The number of halogens is 1. The smallest absolute Gasteiger partial charge is 0.323 e. The number of hydrogen-bond donors (Lipinski definition) is 1. The SMILES string of the molecule is O=[N+]([O-])c1c(N2CCCC2)cc(Nc2ccc(F)cc2)c2nonc12. The molecule has 2 heterocycles. The standard InChI is InChI=1S/C16H14FN5O3/c17-10-3-5-11(6-4-10)18-12-9-13(21-7-1-2-8-21)16(22(23)24)15-14(12)19-25-20-15/h3-6,9,18H,1-2,7-8H2. The topological polar surface area (TPSA) is 97.3 Å². The summed E-state index contributed by atoms with van der Waals surface area (Å²) in [5, 5.41) is 22.2. The third kappa shape index (κ3) is 2.73. The van der Waals surface area contributed by atoms with Gasteiger partial charge in [0.1, 0.15) is 11.5 Å². The van der Waals surface area contributed by atoms with Gasteiger partial charge < -0.3 is 10.2 Å². The van der Waals surface area contributed by atoms with Gasteiger partial charge in [-0.25, -0.2) is 9.02 Å². The van der Waals surface area contributed by atoms with E-state index in [0.717, 1.165) is 25.9 Å². The summed E-state index contributed by atoms with van der Waals surface area (Å²) in [6, 6.07) is 7.48. The average molecular weight is 343 g/mol. The van der Waals surface area contributed by atoms with E-state index in [9.17, 15) is 14.5 Å². The molecule has 3 aromatic rings. The Morgan fingerprint density at radius 2 is 1.84 bits per heavy atom. The van der Waals surface area contributed by atoms with Gasteiger partial charge >= 0.3 is 5.69 Å². The molecule has 1 aromatic heterocycles. The van der Waals surface area contributed by atoms with Crippen LogP contribution in [0.2, 0.25) is 0 Å². The number of anilines is 3. The Hall–Kier alpha value is -3.23. The maximum Gasteiger partial charge on any atom is 0.323 e. The number of hydrogen-bond acceptors (Lipinski definition) is 7. The number of rotatable bonds is 4. The normalized spacial score (nSPS) is 14.2. The zero-order valence-electron chi connectivity index (χ0n) is 13.1. The van der Waals surface area contributed by atoms with Gasteiger partial charge in [-0.1, -0.05) is 0 Å². The molecule has 0 aliphatic carbocycles. The van der Waals surface area contributed by atoms with Crippen molar-refractivity contribution in [2.45, 2.75) is 12.8 Å². The molecule has 9 heteroatoms. The molecule has 0 radical (unpaired) electrons. The molecule has 1 N–H and O–H groups in total. The van der Waals surface area contributed by atoms with Gasteiger partial charge in [-0.05, 0) is 53.5 Å². The molecule has 2 aromatic carbocycles. The van der Waals surface area contributed by atoms with Crippen molar-refractivity contribution in [3.8, 4) is 0 Å². The molecule has 1 aliphatic rings. The third-order valence-corrected chi connectivity index (χ3v) is 4.24. The van der Waals surface area contributed by atoms with E-state index in [4.69, 9.17) is 4.63 Å². The predicted octanol–water partition coefficient (Wildman–Crippen LogP) is 3.61. The molecular weight excluding hydrogens is 329 g/mol. The first kappa shape index (κ1) is 15.3. The molecule has 8 nitrogen and oxygen atoms in total.